The highest BCUT2D eigenvalue weighted by atomic mass is 33.1. The van der Waals surface area contributed by atoms with Gasteiger partial charge in [-0.3, -0.25) is 19.2 Å². The quantitative estimate of drug-likeness (QED) is 0.0696. The maximum Gasteiger partial charge on any atom is 0.243 e. The summed E-state index contributed by atoms with van der Waals surface area (Å²) in [6.45, 7) is 3.17. The van der Waals surface area contributed by atoms with Gasteiger partial charge in [-0.05, 0) is 17.7 Å². The molecule has 0 saturated carbocycles. The third-order valence-electron chi connectivity index (χ3n) is 8.55. The molecule has 294 valence electrons. The van der Waals surface area contributed by atoms with Crippen LogP contribution in [0, 0.1) is 0 Å². The Balaban J connectivity index is 1.92. The largest absolute Gasteiger partial charge is 0.394 e. The van der Waals surface area contributed by atoms with Gasteiger partial charge in [-0.25, -0.2) is 0 Å². The summed E-state index contributed by atoms with van der Waals surface area (Å²) >= 11 is 0. The van der Waals surface area contributed by atoms with Gasteiger partial charge in [0.15, 0.2) is 17.7 Å². The molecule has 0 aromatic heterocycles. The Labute approximate surface area is 302 Å². The third-order valence-corrected chi connectivity index (χ3v) is 10.8. The van der Waals surface area contributed by atoms with E-state index in [0.29, 0.717) is 0 Å². The standard InChI is InChI=1S/C29H50N4O16S2/c1-10-18(30)21(40)25(16(7-35)45-10)48-28-19(32-12(3)38)23(42)26(17(8-36)47-28)49-29-20(22(41)24(44-5)15(6-34)46-29)33-27(43)14(31-11(2)37)9-50-51-13(4)39/h10,14-26,28-29,34-36,40-42H,6-9,30H2,1-5H3,(H,31,37)(H,32,38)(H,33,43)/t10-,14-,15?,16?,17?,18?,19?,20?,21?,22?,23?,24+,25+,26+,28-,29-/m0/s1. The van der Waals surface area contributed by atoms with Crippen LogP contribution >= 0.6 is 21.6 Å². The van der Waals surface area contributed by atoms with Gasteiger partial charge >= 0.3 is 0 Å². The highest BCUT2D eigenvalue weighted by Crippen LogP contribution is 2.33. The Morgan fingerprint density at radius 1 is 0.765 bits per heavy atom. The summed E-state index contributed by atoms with van der Waals surface area (Å²) < 4.78 is 34.9. The molecule has 0 radical (unpaired) electrons. The van der Waals surface area contributed by atoms with Crippen molar-refractivity contribution in [3.05, 3.63) is 0 Å². The summed E-state index contributed by atoms with van der Waals surface area (Å²) in [5, 5.41) is 71.5. The van der Waals surface area contributed by atoms with Crippen LogP contribution in [0.15, 0.2) is 0 Å². The average Bonchev–Trinajstić information content (AvgIpc) is 3.07. The van der Waals surface area contributed by atoms with Gasteiger partial charge in [0.05, 0.1) is 32.0 Å². The van der Waals surface area contributed by atoms with Gasteiger partial charge < -0.3 is 80.7 Å². The van der Waals surface area contributed by atoms with Crippen molar-refractivity contribution in [1.82, 2.24) is 16.0 Å². The van der Waals surface area contributed by atoms with E-state index >= 15 is 0 Å². The molecule has 0 bridgehead atoms. The molecular formula is C29H50N4O16S2. The first-order valence-corrected chi connectivity index (χ1v) is 18.5. The predicted octanol–water partition coefficient (Wildman–Crippen LogP) is -5.18. The molecule has 3 saturated heterocycles. The Morgan fingerprint density at radius 3 is 1.75 bits per heavy atom. The maximum absolute atomic E-state index is 13.5. The lowest BCUT2D eigenvalue weighted by atomic mass is 9.92. The number of rotatable bonds is 15. The second kappa shape index (κ2) is 20.1. The van der Waals surface area contributed by atoms with Gasteiger partial charge in [0, 0.05) is 33.6 Å². The SMILES string of the molecule is CO[C@@H]1C(CO)O[C@@H](O[C@@H]2C(CO)O[C@@H](O[C@@H]3C(CO)O[C@@H](C)C(N)C3O)C(NC(C)=O)C2O)C(NC(=O)[C@H](CSSC(C)=O)NC(C)=O)C1O. The van der Waals surface area contributed by atoms with Gasteiger partial charge in [-0.1, -0.05) is 10.8 Å². The molecule has 9 unspecified atom stereocenters. The van der Waals surface area contributed by atoms with E-state index in [1.54, 1.807) is 6.92 Å². The number of ether oxygens (including phenoxy) is 6. The minimum atomic E-state index is -1.76. The topological polar surface area (TPSA) is 307 Å². The van der Waals surface area contributed by atoms with Crippen LogP contribution in [-0.4, -0.2) is 184 Å². The van der Waals surface area contributed by atoms with Crippen molar-refractivity contribution >= 4 is 44.4 Å². The molecule has 16 atom stereocenters. The summed E-state index contributed by atoms with van der Waals surface area (Å²) in [6.07, 6.45) is -16.5. The fraction of sp³-hybridized carbons (Fsp3) is 0.862. The number of carbonyl (C=O) groups is 4. The molecule has 3 rings (SSSR count). The minimum Gasteiger partial charge on any atom is -0.394 e. The Morgan fingerprint density at radius 2 is 1.25 bits per heavy atom. The molecule has 0 aromatic rings. The molecule has 3 aliphatic rings. The van der Waals surface area contributed by atoms with E-state index in [0.717, 1.165) is 28.5 Å². The van der Waals surface area contributed by atoms with Crippen LogP contribution in [0.1, 0.15) is 27.7 Å². The minimum absolute atomic E-state index is 0.0545. The molecule has 0 aromatic carbocycles. The number of methoxy groups -OCH3 is 1. The van der Waals surface area contributed by atoms with Crippen molar-refractivity contribution in [3.8, 4) is 0 Å². The molecule has 3 amide bonds. The molecule has 20 nitrogen and oxygen atoms in total. The first-order valence-electron chi connectivity index (χ1n) is 16.1. The van der Waals surface area contributed by atoms with E-state index in [2.05, 4.69) is 16.0 Å². The monoisotopic (exact) mass is 774 g/mol. The van der Waals surface area contributed by atoms with E-state index in [4.69, 9.17) is 34.2 Å². The zero-order valence-electron chi connectivity index (χ0n) is 28.7. The van der Waals surface area contributed by atoms with Crippen molar-refractivity contribution in [1.29, 1.82) is 0 Å². The molecule has 0 spiro atoms. The van der Waals surface area contributed by atoms with Crippen LogP contribution < -0.4 is 21.7 Å². The highest BCUT2D eigenvalue weighted by Gasteiger charge is 2.54. The highest BCUT2D eigenvalue weighted by molar-refractivity contribution is 8.82. The van der Waals surface area contributed by atoms with Crippen molar-refractivity contribution < 1.29 is 78.2 Å². The number of nitrogens with one attached hydrogen (secondary N) is 3. The van der Waals surface area contributed by atoms with Gasteiger partial charge in [0.25, 0.3) is 0 Å². The van der Waals surface area contributed by atoms with E-state index in [1.807, 2.05) is 0 Å². The number of aliphatic hydroxyl groups excluding tert-OH is 6. The number of nitrogens with two attached hydrogens (primary N) is 1. The smallest absolute Gasteiger partial charge is 0.243 e. The Kier molecular flexibility index (Phi) is 17.2. The molecule has 0 aliphatic carbocycles. The molecular weight excluding hydrogens is 724 g/mol. The summed E-state index contributed by atoms with van der Waals surface area (Å²) in [6, 6.07) is -5.07. The van der Waals surface area contributed by atoms with Gasteiger partial charge in [-0.2, -0.15) is 0 Å². The van der Waals surface area contributed by atoms with Crippen LogP contribution in [0.25, 0.3) is 0 Å². The maximum atomic E-state index is 13.5. The lowest BCUT2D eigenvalue weighted by Gasteiger charge is -2.50. The van der Waals surface area contributed by atoms with Gasteiger partial charge in [0.1, 0.15) is 73.1 Å². The second-order valence-electron chi connectivity index (χ2n) is 12.3. The fourth-order valence-electron chi connectivity index (χ4n) is 6.03. The Hall–Kier alpha value is -1.74. The zero-order valence-corrected chi connectivity index (χ0v) is 30.4. The van der Waals surface area contributed by atoms with Crippen molar-refractivity contribution in [2.24, 2.45) is 5.73 Å². The van der Waals surface area contributed by atoms with E-state index in [9.17, 15) is 49.8 Å². The normalized spacial score (nSPS) is 39.1. The number of hydrogen-bond acceptors (Lipinski definition) is 19. The number of amides is 3. The lowest BCUT2D eigenvalue weighted by molar-refractivity contribution is -0.346. The molecule has 22 heteroatoms. The number of carbonyl (C=O) groups excluding carboxylic acids is 4. The molecule has 3 aliphatic heterocycles. The van der Waals surface area contributed by atoms with Crippen LogP contribution in [0.2, 0.25) is 0 Å². The van der Waals surface area contributed by atoms with E-state index in [-0.39, 0.29) is 10.9 Å². The van der Waals surface area contributed by atoms with Crippen LogP contribution in [0.4, 0.5) is 0 Å². The Bertz CT molecular complexity index is 1180. The molecule has 3 heterocycles. The fourth-order valence-corrected chi connectivity index (χ4v) is 7.75. The first kappa shape index (κ1) is 43.7. The first-order chi connectivity index (χ1) is 24.1. The zero-order chi connectivity index (χ0) is 38.2. The lowest BCUT2D eigenvalue weighted by Crippen LogP contribution is -2.71. The average molecular weight is 775 g/mol. The molecule has 3 fully saturated rings. The van der Waals surface area contributed by atoms with Crippen molar-refractivity contribution in [2.45, 2.75) is 125 Å². The molecule has 51 heavy (non-hydrogen) atoms. The number of hydrogen-bond donors (Lipinski definition) is 10. The van der Waals surface area contributed by atoms with Gasteiger partial charge in [0.2, 0.25) is 17.7 Å². The van der Waals surface area contributed by atoms with Crippen molar-refractivity contribution in [3.63, 3.8) is 0 Å². The third kappa shape index (κ3) is 11.1. The second-order valence-corrected chi connectivity index (χ2v) is 14.9. The van der Waals surface area contributed by atoms with Crippen molar-refractivity contribution in [2.75, 3.05) is 32.7 Å². The van der Waals surface area contributed by atoms with Gasteiger partial charge in [-0.15, -0.1) is 0 Å². The summed E-state index contributed by atoms with van der Waals surface area (Å²) in [5.74, 6) is -2.08. The summed E-state index contributed by atoms with van der Waals surface area (Å²) in [4.78, 5) is 49.1. The van der Waals surface area contributed by atoms with E-state index in [1.165, 1.54) is 21.0 Å². The van der Waals surface area contributed by atoms with E-state index < -0.39 is 135 Å². The molecule has 11 N–H and O–H groups in total. The van der Waals surface area contributed by atoms with Crippen LogP contribution in [-0.2, 0) is 47.6 Å². The summed E-state index contributed by atoms with van der Waals surface area (Å²) in [5.41, 5.74) is 6.05. The van der Waals surface area contributed by atoms with Crippen LogP contribution in [0.5, 0.6) is 0 Å². The van der Waals surface area contributed by atoms with Crippen LogP contribution in [0.3, 0.4) is 0 Å². The predicted molar refractivity (Wildman–Crippen MR) is 177 cm³/mol. The summed E-state index contributed by atoms with van der Waals surface area (Å²) in [7, 11) is 3.09. The number of aliphatic hydroxyl groups is 6.